The van der Waals surface area contributed by atoms with E-state index in [4.69, 9.17) is 4.74 Å². The van der Waals surface area contributed by atoms with Crippen LogP contribution >= 0.6 is 0 Å². The van der Waals surface area contributed by atoms with Gasteiger partial charge in [-0.2, -0.15) is 0 Å². The number of carbonyl (C=O) groups excluding carboxylic acids is 1. The third-order valence-corrected chi connectivity index (χ3v) is 6.95. The molecule has 188 valence electrons. The van der Waals surface area contributed by atoms with Crippen molar-refractivity contribution < 1.29 is 19.4 Å². The number of Topliss-reactive ketones (excluding diaryl/α,β-unsaturated/α-hetero) is 1. The van der Waals surface area contributed by atoms with E-state index >= 15 is 0 Å². The number of hydrogen-bond donors (Lipinski definition) is 2. The number of rotatable bonds is 12. The Bertz CT molecular complexity index is 1160. The molecule has 0 amide bonds. The largest absolute Gasteiger partial charge is 0.494 e. The summed E-state index contributed by atoms with van der Waals surface area (Å²) in [5.74, 6) is -0.675. The predicted molar refractivity (Wildman–Crippen MR) is 142 cm³/mol. The van der Waals surface area contributed by atoms with Crippen molar-refractivity contribution in [3.8, 4) is 0 Å². The van der Waals surface area contributed by atoms with Crippen LogP contribution in [0.4, 0.5) is 5.69 Å². The van der Waals surface area contributed by atoms with E-state index in [2.05, 4.69) is 56.4 Å². The minimum Gasteiger partial charge on any atom is -0.494 e. The SMILES string of the molecule is CCNc1ccc2ccccc2c1C(C)(C)C/C=C1\C(=O)C(N(C)CCC(CC)C(=O)O)=C1OC. The highest BCUT2D eigenvalue weighted by atomic mass is 16.5. The second kappa shape index (κ2) is 11.0. The lowest BCUT2D eigenvalue weighted by atomic mass is 9.76. The van der Waals surface area contributed by atoms with Gasteiger partial charge in [0.05, 0.1) is 18.6 Å². The van der Waals surface area contributed by atoms with E-state index in [1.54, 1.807) is 7.11 Å². The van der Waals surface area contributed by atoms with E-state index in [-0.39, 0.29) is 11.2 Å². The molecule has 1 unspecified atom stereocenters. The molecule has 0 saturated carbocycles. The van der Waals surface area contributed by atoms with Crippen molar-refractivity contribution in [2.75, 3.05) is 32.6 Å². The summed E-state index contributed by atoms with van der Waals surface area (Å²) >= 11 is 0. The fourth-order valence-electron chi connectivity index (χ4n) is 4.90. The molecule has 0 saturated heterocycles. The van der Waals surface area contributed by atoms with Crippen LogP contribution in [0.3, 0.4) is 0 Å². The van der Waals surface area contributed by atoms with Crippen LogP contribution in [-0.2, 0) is 19.7 Å². The number of ether oxygens (including phenoxy) is 1. The number of carboxylic acid groups (broad SMARTS) is 1. The number of anilines is 1. The molecule has 0 fully saturated rings. The summed E-state index contributed by atoms with van der Waals surface area (Å²) in [4.78, 5) is 26.2. The molecule has 2 aromatic rings. The first-order valence-electron chi connectivity index (χ1n) is 12.4. The molecule has 0 radical (unpaired) electrons. The number of nitrogens with one attached hydrogen (secondary N) is 1. The maximum Gasteiger partial charge on any atom is 0.306 e. The number of aliphatic carboxylic acids is 1. The van der Waals surface area contributed by atoms with Gasteiger partial charge in [0, 0.05) is 25.8 Å². The Kier molecular flexibility index (Phi) is 8.26. The molecule has 3 rings (SSSR count). The predicted octanol–water partition coefficient (Wildman–Crippen LogP) is 5.74. The van der Waals surface area contributed by atoms with Gasteiger partial charge in [-0.15, -0.1) is 0 Å². The molecular weight excluding hydrogens is 440 g/mol. The number of hydrogen-bond acceptors (Lipinski definition) is 5. The van der Waals surface area contributed by atoms with E-state index in [9.17, 15) is 14.7 Å². The molecule has 0 bridgehead atoms. The van der Waals surface area contributed by atoms with Crippen molar-refractivity contribution in [3.63, 3.8) is 0 Å². The molecule has 0 spiro atoms. The van der Waals surface area contributed by atoms with Gasteiger partial charge in [-0.3, -0.25) is 9.59 Å². The first-order valence-corrected chi connectivity index (χ1v) is 12.4. The summed E-state index contributed by atoms with van der Waals surface area (Å²) < 4.78 is 5.61. The van der Waals surface area contributed by atoms with Gasteiger partial charge < -0.3 is 20.1 Å². The number of likely N-dealkylation sites (N-methyl/N-ethyl adjacent to an activating group) is 1. The third kappa shape index (κ3) is 5.37. The Morgan fingerprint density at radius 2 is 1.91 bits per heavy atom. The van der Waals surface area contributed by atoms with Crippen LogP contribution in [0.15, 0.2) is 59.5 Å². The maximum atomic E-state index is 13.1. The molecule has 1 aliphatic carbocycles. The number of methoxy groups -OCH3 is 1. The number of carboxylic acids is 1. The lowest BCUT2D eigenvalue weighted by molar-refractivity contribution is -0.142. The van der Waals surface area contributed by atoms with E-state index in [1.807, 2.05) is 31.0 Å². The topological polar surface area (TPSA) is 78.9 Å². The van der Waals surface area contributed by atoms with Gasteiger partial charge in [0.2, 0.25) is 5.78 Å². The van der Waals surface area contributed by atoms with Gasteiger partial charge in [0.1, 0.15) is 5.70 Å². The highest BCUT2D eigenvalue weighted by Gasteiger charge is 2.38. The van der Waals surface area contributed by atoms with E-state index in [0.29, 0.717) is 42.8 Å². The van der Waals surface area contributed by atoms with Crippen molar-refractivity contribution in [1.29, 1.82) is 0 Å². The summed E-state index contributed by atoms with van der Waals surface area (Å²) in [5.41, 5.74) is 3.23. The van der Waals surface area contributed by atoms with Gasteiger partial charge in [0.15, 0.2) is 5.76 Å². The van der Waals surface area contributed by atoms with Crippen LogP contribution in [0, 0.1) is 5.92 Å². The normalized spacial score (nSPS) is 15.8. The van der Waals surface area contributed by atoms with E-state index < -0.39 is 11.9 Å². The second-order valence-electron chi connectivity index (χ2n) is 9.81. The molecule has 6 nitrogen and oxygen atoms in total. The highest BCUT2D eigenvalue weighted by Crippen LogP contribution is 2.41. The number of benzene rings is 2. The average Bonchev–Trinajstić information content (AvgIpc) is 2.82. The summed E-state index contributed by atoms with van der Waals surface area (Å²) in [6.45, 7) is 9.68. The van der Waals surface area contributed by atoms with Crippen molar-refractivity contribution in [2.24, 2.45) is 5.92 Å². The molecule has 2 aromatic carbocycles. The molecule has 35 heavy (non-hydrogen) atoms. The van der Waals surface area contributed by atoms with Crippen LogP contribution in [0.1, 0.15) is 52.5 Å². The van der Waals surface area contributed by atoms with Crippen LogP contribution < -0.4 is 5.32 Å². The van der Waals surface area contributed by atoms with Gasteiger partial charge >= 0.3 is 5.97 Å². The van der Waals surface area contributed by atoms with Crippen molar-refractivity contribution in [1.82, 2.24) is 4.90 Å². The lowest BCUT2D eigenvalue weighted by Gasteiger charge is -2.33. The zero-order valence-electron chi connectivity index (χ0n) is 21.8. The molecule has 6 heteroatoms. The Morgan fingerprint density at radius 1 is 1.20 bits per heavy atom. The van der Waals surface area contributed by atoms with E-state index in [0.717, 1.165) is 12.2 Å². The third-order valence-electron chi connectivity index (χ3n) is 6.95. The minimum absolute atomic E-state index is 0.0478. The Morgan fingerprint density at radius 3 is 2.54 bits per heavy atom. The maximum absolute atomic E-state index is 13.1. The molecule has 0 aliphatic heterocycles. The van der Waals surface area contributed by atoms with Crippen LogP contribution in [0.5, 0.6) is 0 Å². The van der Waals surface area contributed by atoms with Crippen LogP contribution in [0.25, 0.3) is 10.8 Å². The quantitative estimate of drug-likeness (QED) is 0.379. The number of fused-ring (bicyclic) bond motifs is 1. The first kappa shape index (κ1) is 26.3. The fraction of sp³-hybridized carbons (Fsp3) is 0.448. The lowest BCUT2D eigenvalue weighted by Crippen LogP contribution is -2.36. The first-order chi connectivity index (χ1) is 16.7. The number of allylic oxidation sites excluding steroid dienone is 3. The molecule has 2 N–H and O–H groups in total. The molecule has 1 aliphatic rings. The smallest absolute Gasteiger partial charge is 0.306 e. The fourth-order valence-corrected chi connectivity index (χ4v) is 4.90. The number of carbonyl (C=O) groups is 2. The van der Waals surface area contributed by atoms with Crippen LogP contribution in [0.2, 0.25) is 0 Å². The number of nitrogens with zero attached hydrogens (tertiary/aromatic N) is 1. The standard InChI is InChI=1S/C29H38N2O4/c1-7-19(28(33)34)16-18-31(5)25-26(32)22(27(25)35-6)15-17-29(3,4)24-21-12-10-9-11-20(21)13-14-23(24)30-8-2/h9-15,19,30H,7-8,16-18H2,1-6H3,(H,33,34)/b22-15+. The minimum atomic E-state index is -0.796. The number of ketones is 1. The summed E-state index contributed by atoms with van der Waals surface area (Å²) in [6.07, 6.45) is 3.70. The van der Waals surface area contributed by atoms with Gasteiger partial charge in [0.25, 0.3) is 0 Å². The average molecular weight is 479 g/mol. The zero-order valence-corrected chi connectivity index (χ0v) is 21.8. The summed E-state index contributed by atoms with van der Waals surface area (Å²) in [5, 5.41) is 15.2. The Hall–Kier alpha value is -3.28. The van der Waals surface area contributed by atoms with Crippen molar-refractivity contribution in [3.05, 3.63) is 65.1 Å². The van der Waals surface area contributed by atoms with Gasteiger partial charge in [-0.1, -0.05) is 57.2 Å². The highest BCUT2D eigenvalue weighted by molar-refractivity contribution is 6.18. The molecule has 0 aromatic heterocycles. The van der Waals surface area contributed by atoms with Crippen LogP contribution in [-0.4, -0.2) is 49.0 Å². The van der Waals surface area contributed by atoms with E-state index in [1.165, 1.54) is 16.3 Å². The van der Waals surface area contributed by atoms with Gasteiger partial charge in [-0.25, -0.2) is 0 Å². The van der Waals surface area contributed by atoms with Crippen molar-refractivity contribution in [2.45, 2.75) is 52.4 Å². The second-order valence-corrected chi connectivity index (χ2v) is 9.81. The summed E-state index contributed by atoms with van der Waals surface area (Å²) in [6, 6.07) is 12.7. The Labute approximate surface area is 208 Å². The molecule has 1 atom stereocenters. The summed E-state index contributed by atoms with van der Waals surface area (Å²) in [7, 11) is 3.40. The molecule has 0 heterocycles. The zero-order chi connectivity index (χ0) is 25.8. The van der Waals surface area contributed by atoms with Gasteiger partial charge in [-0.05, 0) is 54.0 Å². The molecular formula is C29H38N2O4. The van der Waals surface area contributed by atoms with Crippen molar-refractivity contribution >= 4 is 28.2 Å². The monoisotopic (exact) mass is 478 g/mol. The Balaban J connectivity index is 1.87.